The predicted octanol–water partition coefficient (Wildman–Crippen LogP) is 5.93. The third kappa shape index (κ3) is 4.33. The summed E-state index contributed by atoms with van der Waals surface area (Å²) in [5, 5.41) is 22.0. The first-order chi connectivity index (χ1) is 17.8. The largest absolute Gasteiger partial charge is 0.504 e. The topological polar surface area (TPSA) is 100 Å². The zero-order chi connectivity index (χ0) is 26.3. The molecule has 0 bridgehead atoms. The second-order valence-electron chi connectivity index (χ2n) is 9.17. The molecule has 2 heterocycles. The number of hydrogen-bond donors (Lipinski definition) is 2. The van der Waals surface area contributed by atoms with E-state index in [2.05, 4.69) is 0 Å². The van der Waals surface area contributed by atoms with E-state index >= 15 is 0 Å². The molecule has 5 rings (SSSR count). The van der Waals surface area contributed by atoms with Gasteiger partial charge in [-0.05, 0) is 61.7 Å². The van der Waals surface area contributed by atoms with Gasteiger partial charge in [0.25, 0.3) is 5.91 Å². The third-order valence-corrected chi connectivity index (χ3v) is 6.64. The lowest BCUT2D eigenvalue weighted by Gasteiger charge is -2.28. The van der Waals surface area contributed by atoms with Crippen molar-refractivity contribution in [3.63, 3.8) is 0 Å². The molecule has 188 valence electrons. The van der Waals surface area contributed by atoms with Crippen LogP contribution in [-0.2, 0) is 11.3 Å². The summed E-state index contributed by atoms with van der Waals surface area (Å²) in [7, 11) is 0. The molecule has 0 aliphatic carbocycles. The van der Waals surface area contributed by atoms with Gasteiger partial charge >= 0.3 is 0 Å². The van der Waals surface area contributed by atoms with Crippen molar-refractivity contribution in [1.29, 1.82) is 0 Å². The van der Waals surface area contributed by atoms with Gasteiger partial charge in [0, 0.05) is 11.9 Å². The van der Waals surface area contributed by atoms with Crippen molar-refractivity contribution in [2.75, 3.05) is 6.61 Å². The Morgan fingerprint density at radius 2 is 1.81 bits per heavy atom. The molecule has 3 aromatic carbocycles. The highest BCUT2D eigenvalue weighted by Gasteiger charge is 2.45. The number of phenols is 1. The molecule has 0 radical (unpaired) electrons. The molecule has 0 saturated heterocycles. The zero-order valence-electron chi connectivity index (χ0n) is 20.8. The Bertz CT molecular complexity index is 1530. The molecular weight excluding hydrogens is 470 g/mol. The summed E-state index contributed by atoms with van der Waals surface area (Å²) in [5.41, 5.74) is 3.87. The number of aliphatic hydroxyl groups is 1. The Kier molecular flexibility index (Phi) is 6.21. The molecule has 1 aliphatic rings. The second kappa shape index (κ2) is 9.50. The number of aliphatic hydroxyl groups excluding tert-OH is 1. The highest BCUT2D eigenvalue weighted by Crippen LogP contribution is 2.43. The number of benzene rings is 3. The van der Waals surface area contributed by atoms with Crippen LogP contribution in [0.1, 0.15) is 45.8 Å². The van der Waals surface area contributed by atoms with E-state index in [1.807, 2.05) is 44.2 Å². The van der Waals surface area contributed by atoms with Gasteiger partial charge in [0.05, 0.1) is 18.2 Å². The van der Waals surface area contributed by atoms with Crippen molar-refractivity contribution in [3.05, 3.63) is 106 Å². The Morgan fingerprint density at radius 1 is 1.03 bits per heavy atom. The molecular formula is C30H27NO6. The maximum Gasteiger partial charge on any atom is 0.290 e. The van der Waals surface area contributed by atoms with Crippen molar-refractivity contribution >= 4 is 22.7 Å². The molecule has 0 saturated carbocycles. The maximum absolute atomic E-state index is 13.8. The Balaban J connectivity index is 1.64. The van der Waals surface area contributed by atoms with Crippen LogP contribution in [0.25, 0.3) is 11.0 Å². The molecule has 1 unspecified atom stereocenters. The molecule has 0 fully saturated rings. The van der Waals surface area contributed by atoms with Gasteiger partial charge in [0.2, 0.25) is 5.78 Å². The van der Waals surface area contributed by atoms with Gasteiger partial charge in [-0.15, -0.1) is 0 Å². The van der Waals surface area contributed by atoms with E-state index in [1.54, 1.807) is 37.3 Å². The molecule has 2 N–H and O–H groups in total. The minimum Gasteiger partial charge on any atom is -0.504 e. The van der Waals surface area contributed by atoms with Crippen LogP contribution in [0.3, 0.4) is 0 Å². The molecule has 0 spiro atoms. The quantitative estimate of drug-likeness (QED) is 0.307. The average Bonchev–Trinajstić information content (AvgIpc) is 3.42. The fourth-order valence-corrected chi connectivity index (χ4v) is 4.75. The van der Waals surface area contributed by atoms with Crippen molar-refractivity contribution in [1.82, 2.24) is 4.90 Å². The average molecular weight is 498 g/mol. The van der Waals surface area contributed by atoms with E-state index in [0.29, 0.717) is 17.8 Å². The van der Waals surface area contributed by atoms with Crippen LogP contribution in [0.2, 0.25) is 0 Å². The fraction of sp³-hybridized carbons (Fsp3) is 0.200. The van der Waals surface area contributed by atoms with E-state index in [-0.39, 0.29) is 29.4 Å². The summed E-state index contributed by atoms with van der Waals surface area (Å²) in [4.78, 5) is 28.7. The summed E-state index contributed by atoms with van der Waals surface area (Å²) in [5.74, 6) is -1.67. The first-order valence-electron chi connectivity index (χ1n) is 12.1. The number of hydrogen-bond acceptors (Lipinski definition) is 6. The highest BCUT2D eigenvalue weighted by atomic mass is 16.5. The number of rotatable bonds is 7. The predicted molar refractivity (Wildman–Crippen MR) is 139 cm³/mol. The summed E-state index contributed by atoms with van der Waals surface area (Å²) in [6, 6.07) is 18.5. The number of nitrogens with zero attached hydrogens (tertiary/aromatic N) is 1. The number of Topliss-reactive ketones (excluding diaryl/α,β-unsaturated/α-hetero) is 1. The van der Waals surface area contributed by atoms with Gasteiger partial charge in [-0.3, -0.25) is 9.59 Å². The number of para-hydroxylation sites is 1. The first-order valence-corrected chi connectivity index (χ1v) is 12.1. The van der Waals surface area contributed by atoms with E-state index in [0.717, 1.165) is 22.1 Å². The lowest BCUT2D eigenvalue weighted by atomic mass is 9.94. The zero-order valence-corrected chi connectivity index (χ0v) is 20.8. The van der Waals surface area contributed by atoms with Gasteiger partial charge in [-0.25, -0.2) is 0 Å². The number of phenolic OH excluding ortho intramolecular Hbond substituents is 1. The summed E-state index contributed by atoms with van der Waals surface area (Å²) in [6.07, 6.45) is 0. The number of furan rings is 1. The monoisotopic (exact) mass is 497 g/mol. The lowest BCUT2D eigenvalue weighted by Crippen LogP contribution is -2.31. The van der Waals surface area contributed by atoms with Crippen LogP contribution in [-0.4, -0.2) is 33.4 Å². The van der Waals surface area contributed by atoms with Gasteiger partial charge < -0.3 is 24.3 Å². The van der Waals surface area contributed by atoms with Crippen LogP contribution >= 0.6 is 0 Å². The van der Waals surface area contributed by atoms with Crippen molar-refractivity contribution in [3.8, 4) is 11.5 Å². The molecule has 37 heavy (non-hydrogen) atoms. The summed E-state index contributed by atoms with van der Waals surface area (Å²) in [6.45, 7) is 6.19. The number of ketones is 1. The minimum absolute atomic E-state index is 0.0259. The number of fused-ring (bicyclic) bond motifs is 1. The molecule has 4 aromatic rings. The lowest BCUT2D eigenvalue weighted by molar-refractivity contribution is -0.130. The Labute approximate surface area is 214 Å². The molecule has 1 amide bonds. The molecule has 1 aromatic heterocycles. The maximum atomic E-state index is 13.8. The number of ether oxygens (including phenoxy) is 1. The van der Waals surface area contributed by atoms with E-state index < -0.39 is 23.5 Å². The highest BCUT2D eigenvalue weighted by molar-refractivity contribution is 6.16. The van der Waals surface area contributed by atoms with Crippen LogP contribution in [0.15, 0.2) is 82.5 Å². The van der Waals surface area contributed by atoms with Gasteiger partial charge in [-0.2, -0.15) is 0 Å². The molecule has 7 nitrogen and oxygen atoms in total. The Morgan fingerprint density at radius 3 is 2.57 bits per heavy atom. The van der Waals surface area contributed by atoms with Crippen molar-refractivity contribution in [2.45, 2.75) is 33.4 Å². The van der Waals surface area contributed by atoms with Crippen LogP contribution in [0, 0.1) is 13.8 Å². The first kappa shape index (κ1) is 24.2. The number of carbonyl (C=O) groups excluding carboxylic acids is 2. The van der Waals surface area contributed by atoms with Gasteiger partial charge in [0.1, 0.15) is 5.58 Å². The number of amides is 1. The SMILES string of the molecule is CCOc1cc(C2C(C(=O)c3cc4ccccc4o3)=C(O)C(=O)N2Cc2cc(C)ccc2C)ccc1O. The Hall–Kier alpha value is -4.52. The minimum atomic E-state index is -0.923. The smallest absolute Gasteiger partial charge is 0.290 e. The van der Waals surface area contributed by atoms with Crippen molar-refractivity contribution < 1.29 is 29.0 Å². The number of aromatic hydroxyl groups is 1. The summed E-state index contributed by atoms with van der Waals surface area (Å²) >= 11 is 0. The third-order valence-electron chi connectivity index (χ3n) is 6.64. The fourth-order valence-electron chi connectivity index (χ4n) is 4.75. The summed E-state index contributed by atoms with van der Waals surface area (Å²) < 4.78 is 11.4. The normalized spacial score (nSPS) is 15.6. The second-order valence-corrected chi connectivity index (χ2v) is 9.17. The standard InChI is InChI=1S/C30H27NO6/c1-4-36-24-15-20(11-12-22(24)32)27-26(28(33)25-14-19-7-5-6-8-23(19)37-25)29(34)30(35)31(27)16-21-13-17(2)9-10-18(21)3/h5-15,27,32,34H,4,16H2,1-3H3. The van der Waals surface area contributed by atoms with Gasteiger partial charge in [0.15, 0.2) is 23.0 Å². The van der Waals surface area contributed by atoms with E-state index in [1.165, 1.54) is 11.0 Å². The van der Waals surface area contributed by atoms with Gasteiger partial charge in [-0.1, -0.05) is 48.0 Å². The molecule has 1 aliphatic heterocycles. The molecule has 7 heteroatoms. The van der Waals surface area contributed by atoms with Crippen LogP contribution in [0.4, 0.5) is 0 Å². The van der Waals surface area contributed by atoms with Crippen molar-refractivity contribution in [2.24, 2.45) is 0 Å². The van der Waals surface area contributed by atoms with E-state index in [4.69, 9.17) is 9.15 Å². The van der Waals surface area contributed by atoms with Crippen LogP contribution in [0.5, 0.6) is 11.5 Å². The molecule has 1 atom stereocenters. The van der Waals surface area contributed by atoms with E-state index in [9.17, 15) is 19.8 Å². The number of carbonyl (C=O) groups is 2. The van der Waals surface area contributed by atoms with Crippen LogP contribution < -0.4 is 4.74 Å². The number of aryl methyl sites for hydroxylation is 2.